The quantitative estimate of drug-likeness (QED) is 0.833. The van der Waals surface area contributed by atoms with Gasteiger partial charge in [0.1, 0.15) is 12.6 Å². The van der Waals surface area contributed by atoms with Crippen molar-refractivity contribution in [1.82, 2.24) is 9.80 Å². The Morgan fingerprint density at radius 3 is 2.43 bits per heavy atom. The Balaban J connectivity index is 1.96. The molecule has 126 valence electrons. The SMILES string of the molecule is C[C@@H]1C(=O)N(Cc2ccccc2)CC(=O)N1CCCC(F)(F)F. The van der Waals surface area contributed by atoms with Crippen molar-refractivity contribution in [2.24, 2.45) is 0 Å². The van der Waals surface area contributed by atoms with Crippen LogP contribution in [0, 0.1) is 0 Å². The number of amides is 2. The molecule has 1 aliphatic heterocycles. The number of carbonyl (C=O) groups is 2. The van der Waals surface area contributed by atoms with Gasteiger partial charge in [-0.05, 0) is 18.9 Å². The summed E-state index contributed by atoms with van der Waals surface area (Å²) >= 11 is 0. The molecule has 2 rings (SSSR count). The Morgan fingerprint density at radius 1 is 1.17 bits per heavy atom. The average Bonchev–Trinajstić information content (AvgIpc) is 2.48. The van der Waals surface area contributed by atoms with E-state index < -0.39 is 18.6 Å². The van der Waals surface area contributed by atoms with E-state index in [2.05, 4.69) is 0 Å². The van der Waals surface area contributed by atoms with Crippen LogP contribution in [-0.4, -0.2) is 46.9 Å². The highest BCUT2D eigenvalue weighted by molar-refractivity contribution is 5.94. The predicted octanol–water partition coefficient (Wildman–Crippen LogP) is 2.59. The van der Waals surface area contributed by atoms with Gasteiger partial charge in [0.2, 0.25) is 11.8 Å². The van der Waals surface area contributed by atoms with Gasteiger partial charge in [-0.25, -0.2) is 0 Å². The lowest BCUT2D eigenvalue weighted by molar-refractivity contribution is -0.157. The lowest BCUT2D eigenvalue weighted by Crippen LogP contribution is -2.58. The third-order valence-electron chi connectivity index (χ3n) is 3.86. The molecule has 0 N–H and O–H groups in total. The number of piperazine rings is 1. The molecule has 0 aliphatic carbocycles. The largest absolute Gasteiger partial charge is 0.389 e. The van der Waals surface area contributed by atoms with E-state index in [-0.39, 0.29) is 31.3 Å². The summed E-state index contributed by atoms with van der Waals surface area (Å²) in [5.41, 5.74) is 0.909. The molecule has 4 nitrogen and oxygen atoms in total. The van der Waals surface area contributed by atoms with Crippen molar-refractivity contribution in [2.75, 3.05) is 13.1 Å². The Bertz CT molecular complexity index is 560. The zero-order chi connectivity index (χ0) is 17.0. The van der Waals surface area contributed by atoms with E-state index in [4.69, 9.17) is 0 Å². The van der Waals surface area contributed by atoms with Gasteiger partial charge in [0, 0.05) is 19.5 Å². The van der Waals surface area contributed by atoms with E-state index >= 15 is 0 Å². The number of carbonyl (C=O) groups excluding carboxylic acids is 2. The molecule has 1 aliphatic rings. The predicted molar refractivity (Wildman–Crippen MR) is 78.3 cm³/mol. The number of nitrogens with zero attached hydrogens (tertiary/aromatic N) is 2. The first-order valence-corrected chi connectivity index (χ1v) is 7.47. The van der Waals surface area contributed by atoms with Gasteiger partial charge < -0.3 is 9.80 Å². The Hall–Kier alpha value is -2.05. The first-order valence-electron chi connectivity index (χ1n) is 7.47. The lowest BCUT2D eigenvalue weighted by atomic mass is 10.1. The number of hydrogen-bond acceptors (Lipinski definition) is 2. The van der Waals surface area contributed by atoms with Gasteiger partial charge in [-0.2, -0.15) is 13.2 Å². The third kappa shape index (κ3) is 4.71. The van der Waals surface area contributed by atoms with Crippen LogP contribution in [-0.2, 0) is 16.1 Å². The molecule has 2 amide bonds. The van der Waals surface area contributed by atoms with Crippen molar-refractivity contribution < 1.29 is 22.8 Å². The second-order valence-corrected chi connectivity index (χ2v) is 5.66. The second-order valence-electron chi connectivity index (χ2n) is 5.66. The molecule has 7 heteroatoms. The van der Waals surface area contributed by atoms with E-state index in [1.54, 1.807) is 6.92 Å². The third-order valence-corrected chi connectivity index (χ3v) is 3.86. The molecular formula is C16H19F3N2O2. The van der Waals surface area contributed by atoms with E-state index in [0.717, 1.165) is 5.56 Å². The zero-order valence-electron chi connectivity index (χ0n) is 12.8. The molecule has 1 saturated heterocycles. The summed E-state index contributed by atoms with van der Waals surface area (Å²) in [5, 5.41) is 0. The zero-order valence-corrected chi connectivity index (χ0v) is 12.8. The second kappa shape index (κ2) is 7.02. The maximum atomic E-state index is 12.4. The fraction of sp³-hybridized carbons (Fsp3) is 0.500. The van der Waals surface area contributed by atoms with Crippen molar-refractivity contribution in [2.45, 2.75) is 38.5 Å². The number of rotatable bonds is 5. The molecule has 1 heterocycles. The summed E-state index contributed by atoms with van der Waals surface area (Å²) in [4.78, 5) is 27.2. The van der Waals surface area contributed by atoms with Crippen LogP contribution in [0.4, 0.5) is 13.2 Å². The summed E-state index contributed by atoms with van der Waals surface area (Å²) in [6, 6.07) is 8.54. The van der Waals surface area contributed by atoms with Gasteiger partial charge >= 0.3 is 6.18 Å². The monoisotopic (exact) mass is 328 g/mol. The minimum Gasteiger partial charge on any atom is -0.329 e. The van der Waals surface area contributed by atoms with Crippen LogP contribution < -0.4 is 0 Å². The highest BCUT2D eigenvalue weighted by atomic mass is 19.4. The minimum atomic E-state index is -4.24. The van der Waals surface area contributed by atoms with Crippen LogP contribution in [0.15, 0.2) is 30.3 Å². The fourth-order valence-electron chi connectivity index (χ4n) is 2.65. The number of alkyl halides is 3. The van der Waals surface area contributed by atoms with Crippen LogP contribution in [0.3, 0.4) is 0 Å². The Labute approximate surface area is 132 Å². The topological polar surface area (TPSA) is 40.6 Å². The number of hydrogen-bond donors (Lipinski definition) is 0. The normalized spacial score (nSPS) is 19.4. The number of halogens is 3. The summed E-state index contributed by atoms with van der Waals surface area (Å²) in [6.07, 6.45) is -5.39. The summed E-state index contributed by atoms with van der Waals surface area (Å²) in [5.74, 6) is -0.546. The van der Waals surface area contributed by atoms with Crippen molar-refractivity contribution in [3.63, 3.8) is 0 Å². The molecule has 1 atom stereocenters. The maximum Gasteiger partial charge on any atom is 0.389 e. The molecule has 1 aromatic rings. The summed E-state index contributed by atoms with van der Waals surface area (Å²) < 4.78 is 36.6. The molecule has 1 fully saturated rings. The molecule has 0 saturated carbocycles. The van der Waals surface area contributed by atoms with E-state index in [9.17, 15) is 22.8 Å². The first-order chi connectivity index (χ1) is 10.8. The highest BCUT2D eigenvalue weighted by Crippen LogP contribution is 2.23. The Morgan fingerprint density at radius 2 is 1.83 bits per heavy atom. The molecule has 0 aromatic heterocycles. The lowest BCUT2D eigenvalue weighted by Gasteiger charge is -2.39. The summed E-state index contributed by atoms with van der Waals surface area (Å²) in [7, 11) is 0. The number of benzene rings is 1. The van der Waals surface area contributed by atoms with Crippen molar-refractivity contribution in [3.05, 3.63) is 35.9 Å². The van der Waals surface area contributed by atoms with Crippen LogP contribution in [0.25, 0.3) is 0 Å². The molecule has 1 aromatic carbocycles. The molecule has 0 spiro atoms. The van der Waals surface area contributed by atoms with Crippen molar-refractivity contribution >= 4 is 11.8 Å². The van der Waals surface area contributed by atoms with Gasteiger partial charge in [-0.3, -0.25) is 9.59 Å². The molecule has 0 unspecified atom stereocenters. The summed E-state index contributed by atoms with van der Waals surface area (Å²) in [6.45, 7) is 1.74. The van der Waals surface area contributed by atoms with Gasteiger partial charge in [-0.1, -0.05) is 30.3 Å². The standard InChI is InChI=1S/C16H19F3N2O2/c1-12-15(23)20(10-13-6-3-2-4-7-13)11-14(22)21(12)9-5-8-16(17,18)19/h2-4,6-7,12H,5,8-11H2,1H3/t12-/m1/s1. The molecule has 0 bridgehead atoms. The van der Waals surface area contributed by atoms with Crippen molar-refractivity contribution in [1.29, 1.82) is 0 Å². The average molecular weight is 328 g/mol. The van der Waals surface area contributed by atoms with Gasteiger partial charge in [0.25, 0.3) is 0 Å². The van der Waals surface area contributed by atoms with E-state index in [1.807, 2.05) is 30.3 Å². The maximum absolute atomic E-state index is 12.4. The van der Waals surface area contributed by atoms with Gasteiger partial charge in [0.15, 0.2) is 0 Å². The highest BCUT2D eigenvalue weighted by Gasteiger charge is 2.36. The van der Waals surface area contributed by atoms with Crippen LogP contribution >= 0.6 is 0 Å². The van der Waals surface area contributed by atoms with E-state index in [0.29, 0.717) is 6.54 Å². The fourth-order valence-corrected chi connectivity index (χ4v) is 2.65. The molecule has 0 radical (unpaired) electrons. The molecular weight excluding hydrogens is 309 g/mol. The molecule has 23 heavy (non-hydrogen) atoms. The van der Waals surface area contributed by atoms with Crippen LogP contribution in [0.2, 0.25) is 0 Å². The minimum absolute atomic E-state index is 0.0512. The van der Waals surface area contributed by atoms with Crippen molar-refractivity contribution in [3.8, 4) is 0 Å². The van der Waals surface area contributed by atoms with Crippen LogP contribution in [0.5, 0.6) is 0 Å². The van der Waals surface area contributed by atoms with Crippen LogP contribution in [0.1, 0.15) is 25.3 Å². The Kier molecular flexibility index (Phi) is 5.28. The smallest absolute Gasteiger partial charge is 0.329 e. The van der Waals surface area contributed by atoms with Gasteiger partial charge in [-0.15, -0.1) is 0 Å². The van der Waals surface area contributed by atoms with Gasteiger partial charge in [0.05, 0.1) is 0 Å². The first kappa shape index (κ1) is 17.3. The van der Waals surface area contributed by atoms with E-state index in [1.165, 1.54) is 9.80 Å².